The van der Waals surface area contributed by atoms with Gasteiger partial charge in [-0.2, -0.15) is 0 Å². The van der Waals surface area contributed by atoms with Crippen LogP contribution in [-0.2, 0) is 9.59 Å². The van der Waals surface area contributed by atoms with Gasteiger partial charge in [-0.25, -0.2) is 0 Å². The molecular weight excluding hydrogens is 182 g/mol. The number of carbonyl (C=O) groups is 2. The van der Waals surface area contributed by atoms with Crippen LogP contribution in [0.15, 0.2) is 0 Å². The number of likely N-dealkylation sites (tertiary alicyclic amines) is 1. The third-order valence-corrected chi connectivity index (χ3v) is 2.64. The number of aliphatic hydroxyl groups is 1. The summed E-state index contributed by atoms with van der Waals surface area (Å²) in [5.74, 6) is -0.315. The molecule has 1 atom stereocenters. The number of amides is 2. The molecule has 0 radical (unpaired) electrons. The topological polar surface area (TPSA) is 57.6 Å². The molecule has 0 bridgehead atoms. The molecule has 1 saturated heterocycles. The zero-order valence-corrected chi connectivity index (χ0v) is 8.75. The van der Waals surface area contributed by atoms with Crippen molar-refractivity contribution < 1.29 is 14.7 Å². The first kappa shape index (κ1) is 11.2. The van der Waals surface area contributed by atoms with Gasteiger partial charge in [0.1, 0.15) is 0 Å². The molecule has 1 rings (SSSR count). The summed E-state index contributed by atoms with van der Waals surface area (Å²) in [7, 11) is 0. The summed E-state index contributed by atoms with van der Waals surface area (Å²) >= 11 is 0. The highest BCUT2D eigenvalue weighted by molar-refractivity contribution is 5.97. The van der Waals surface area contributed by atoms with Gasteiger partial charge in [0.05, 0.1) is 12.1 Å². The Morgan fingerprint density at radius 3 is 2.29 bits per heavy atom. The normalized spacial score (nSPS) is 22.4. The van der Waals surface area contributed by atoms with Crippen LogP contribution in [0.3, 0.4) is 0 Å². The summed E-state index contributed by atoms with van der Waals surface area (Å²) in [6, 6.07) is 0. The fourth-order valence-electron chi connectivity index (χ4n) is 1.43. The van der Waals surface area contributed by atoms with Gasteiger partial charge in [-0.3, -0.25) is 14.5 Å². The van der Waals surface area contributed by atoms with Crippen molar-refractivity contribution >= 4 is 11.8 Å². The van der Waals surface area contributed by atoms with Crippen molar-refractivity contribution in [1.29, 1.82) is 0 Å². The molecule has 2 amide bonds. The Morgan fingerprint density at radius 2 is 1.86 bits per heavy atom. The minimum Gasteiger partial charge on any atom is -0.388 e. The van der Waals surface area contributed by atoms with Crippen LogP contribution in [0.1, 0.15) is 39.5 Å². The smallest absolute Gasteiger partial charge is 0.229 e. The van der Waals surface area contributed by atoms with E-state index in [2.05, 4.69) is 0 Å². The lowest BCUT2D eigenvalue weighted by Crippen LogP contribution is -2.48. The van der Waals surface area contributed by atoms with Gasteiger partial charge in [-0.05, 0) is 19.8 Å². The second-order valence-electron chi connectivity index (χ2n) is 4.08. The van der Waals surface area contributed by atoms with E-state index in [1.165, 1.54) is 4.90 Å². The highest BCUT2D eigenvalue weighted by atomic mass is 16.3. The SMILES string of the molecule is CCC(C)(O)CN1C(=O)CCCC1=O. The average molecular weight is 199 g/mol. The lowest BCUT2D eigenvalue weighted by atomic mass is 10.0. The maximum absolute atomic E-state index is 11.4. The molecule has 1 fully saturated rings. The Kier molecular flexibility index (Phi) is 3.26. The van der Waals surface area contributed by atoms with Gasteiger partial charge in [-0.15, -0.1) is 0 Å². The molecule has 0 aromatic rings. The van der Waals surface area contributed by atoms with E-state index >= 15 is 0 Å². The number of β-amino-alcohol motifs (C(OH)–C–C–N with tert-alkyl or cyclic N) is 1. The maximum atomic E-state index is 11.4. The van der Waals surface area contributed by atoms with E-state index in [0.717, 1.165) is 0 Å². The fraction of sp³-hybridized carbons (Fsp3) is 0.800. The van der Waals surface area contributed by atoms with E-state index in [1.807, 2.05) is 6.92 Å². The van der Waals surface area contributed by atoms with Crippen molar-refractivity contribution in [3.05, 3.63) is 0 Å². The van der Waals surface area contributed by atoms with E-state index in [0.29, 0.717) is 25.7 Å². The summed E-state index contributed by atoms with van der Waals surface area (Å²) in [6.07, 6.45) is 2.02. The molecule has 4 heteroatoms. The standard InChI is InChI=1S/C10H17NO3/c1-3-10(2,14)7-11-8(12)5-4-6-9(11)13/h14H,3-7H2,1-2H3. The van der Waals surface area contributed by atoms with E-state index in [9.17, 15) is 14.7 Å². The number of rotatable bonds is 3. The highest BCUT2D eigenvalue weighted by Gasteiger charge is 2.31. The highest BCUT2D eigenvalue weighted by Crippen LogP contribution is 2.17. The molecule has 1 heterocycles. The van der Waals surface area contributed by atoms with E-state index < -0.39 is 5.60 Å². The maximum Gasteiger partial charge on any atom is 0.229 e. The fourth-order valence-corrected chi connectivity index (χ4v) is 1.43. The third kappa shape index (κ3) is 2.54. The van der Waals surface area contributed by atoms with Crippen LogP contribution in [0.4, 0.5) is 0 Å². The molecule has 4 nitrogen and oxygen atoms in total. The van der Waals surface area contributed by atoms with Gasteiger partial charge in [0.15, 0.2) is 0 Å². The molecule has 0 aromatic heterocycles. The predicted molar refractivity (Wildman–Crippen MR) is 51.5 cm³/mol. The Hall–Kier alpha value is -0.900. The van der Waals surface area contributed by atoms with Gasteiger partial charge in [-0.1, -0.05) is 6.92 Å². The number of nitrogens with zero attached hydrogens (tertiary/aromatic N) is 1. The van der Waals surface area contributed by atoms with Gasteiger partial charge < -0.3 is 5.11 Å². The summed E-state index contributed by atoms with van der Waals surface area (Å²) in [5, 5.41) is 9.76. The molecule has 1 aliphatic rings. The van der Waals surface area contributed by atoms with E-state index in [1.54, 1.807) is 6.92 Å². The summed E-state index contributed by atoms with van der Waals surface area (Å²) in [5.41, 5.74) is -0.956. The molecule has 0 spiro atoms. The third-order valence-electron chi connectivity index (χ3n) is 2.64. The van der Waals surface area contributed by atoms with Crippen LogP contribution >= 0.6 is 0 Å². The van der Waals surface area contributed by atoms with Crippen molar-refractivity contribution in [3.63, 3.8) is 0 Å². The summed E-state index contributed by atoms with van der Waals surface area (Å²) in [4.78, 5) is 24.0. The number of imide groups is 1. The monoisotopic (exact) mass is 199 g/mol. The van der Waals surface area contributed by atoms with Crippen LogP contribution in [0.25, 0.3) is 0 Å². The minimum absolute atomic E-state index is 0.126. The summed E-state index contributed by atoms with van der Waals surface area (Å²) < 4.78 is 0. The molecule has 14 heavy (non-hydrogen) atoms. The first-order valence-electron chi connectivity index (χ1n) is 5.02. The largest absolute Gasteiger partial charge is 0.388 e. The predicted octanol–water partition coefficient (Wildman–Crippen LogP) is 0.687. The molecule has 0 aromatic carbocycles. The first-order valence-corrected chi connectivity index (χ1v) is 5.02. The zero-order valence-electron chi connectivity index (χ0n) is 8.75. The number of piperidine rings is 1. The van der Waals surface area contributed by atoms with Gasteiger partial charge >= 0.3 is 0 Å². The van der Waals surface area contributed by atoms with Crippen molar-refractivity contribution in [2.45, 2.75) is 45.1 Å². The molecular formula is C10H17NO3. The van der Waals surface area contributed by atoms with Crippen molar-refractivity contribution in [2.24, 2.45) is 0 Å². The lowest BCUT2D eigenvalue weighted by Gasteiger charge is -2.31. The van der Waals surface area contributed by atoms with Crippen LogP contribution < -0.4 is 0 Å². The van der Waals surface area contributed by atoms with E-state index in [-0.39, 0.29) is 18.4 Å². The minimum atomic E-state index is -0.956. The molecule has 0 aliphatic carbocycles. The van der Waals surface area contributed by atoms with Crippen LogP contribution in [0, 0.1) is 0 Å². The molecule has 80 valence electrons. The second-order valence-corrected chi connectivity index (χ2v) is 4.08. The quantitative estimate of drug-likeness (QED) is 0.680. The Bertz CT molecular complexity index is 232. The van der Waals surface area contributed by atoms with Gasteiger partial charge in [0.25, 0.3) is 0 Å². The van der Waals surface area contributed by atoms with Crippen LogP contribution in [0.5, 0.6) is 0 Å². The van der Waals surface area contributed by atoms with Crippen LogP contribution in [-0.4, -0.2) is 34.0 Å². The number of carbonyl (C=O) groups excluding carboxylic acids is 2. The molecule has 1 unspecified atom stereocenters. The Balaban J connectivity index is 2.65. The summed E-state index contributed by atoms with van der Waals surface area (Å²) in [6.45, 7) is 3.60. The number of hydrogen-bond acceptors (Lipinski definition) is 3. The van der Waals surface area contributed by atoms with Crippen molar-refractivity contribution in [3.8, 4) is 0 Å². The average Bonchev–Trinajstić information content (AvgIpc) is 2.12. The van der Waals surface area contributed by atoms with E-state index in [4.69, 9.17) is 0 Å². The molecule has 1 N–H and O–H groups in total. The van der Waals surface area contributed by atoms with Crippen molar-refractivity contribution in [1.82, 2.24) is 4.90 Å². The molecule has 0 saturated carbocycles. The first-order chi connectivity index (χ1) is 6.46. The Morgan fingerprint density at radius 1 is 1.36 bits per heavy atom. The van der Waals surface area contributed by atoms with Gasteiger partial charge in [0, 0.05) is 12.8 Å². The molecule has 1 aliphatic heterocycles. The number of hydrogen-bond donors (Lipinski definition) is 1. The Labute approximate surface area is 83.9 Å². The second kappa shape index (κ2) is 4.09. The lowest BCUT2D eigenvalue weighted by molar-refractivity contribution is -0.151. The zero-order chi connectivity index (χ0) is 10.8. The van der Waals surface area contributed by atoms with Crippen molar-refractivity contribution in [2.75, 3.05) is 6.54 Å². The van der Waals surface area contributed by atoms with Crippen LogP contribution in [0.2, 0.25) is 0 Å². The van der Waals surface area contributed by atoms with Gasteiger partial charge in [0.2, 0.25) is 11.8 Å².